The van der Waals surface area contributed by atoms with E-state index in [1.165, 1.54) is 75.1 Å². The van der Waals surface area contributed by atoms with Crippen LogP contribution in [0, 0.1) is 0 Å². The maximum atomic E-state index is 6.34. The Bertz CT molecular complexity index is 4880. The van der Waals surface area contributed by atoms with E-state index in [9.17, 15) is 0 Å². The summed E-state index contributed by atoms with van der Waals surface area (Å²) in [5.74, 6) is 1.76. The van der Waals surface area contributed by atoms with E-state index in [0.29, 0.717) is 6.61 Å². The Labute approximate surface area is 467 Å². The van der Waals surface area contributed by atoms with Gasteiger partial charge in [0.25, 0.3) is 0 Å². The van der Waals surface area contributed by atoms with Gasteiger partial charge in [-0.15, -0.1) is 0 Å². The first kappa shape index (κ1) is 45.5. The number of nitrogens with zero attached hydrogens (tertiary/aromatic N) is 5. The normalized spacial score (nSPS) is 12.5. The van der Waals surface area contributed by atoms with E-state index < -0.39 is 8.07 Å². The highest BCUT2D eigenvalue weighted by molar-refractivity contribution is 7.20. The van der Waals surface area contributed by atoms with Crippen molar-refractivity contribution in [2.24, 2.45) is 0 Å². The molecule has 5 heterocycles. The van der Waals surface area contributed by atoms with Gasteiger partial charge in [-0.3, -0.25) is 4.57 Å². The predicted molar refractivity (Wildman–Crippen MR) is 337 cm³/mol. The average Bonchev–Trinajstić information content (AvgIpc) is 4.44. The number of benzene rings is 12. The molecule has 0 atom stereocenters. The van der Waals surface area contributed by atoms with Crippen LogP contribution in [0.2, 0.25) is 0 Å². The summed E-state index contributed by atoms with van der Waals surface area (Å²) in [6.45, 7) is 0.430. The molecule has 81 heavy (non-hydrogen) atoms. The van der Waals surface area contributed by atoms with Crippen LogP contribution >= 0.6 is 0 Å². The second-order valence-corrected chi connectivity index (χ2v) is 25.2. The fourth-order valence-electron chi connectivity index (χ4n) is 13.7. The molecular weight excluding hydrogens is 1000 g/mol. The molecule has 12 aromatic carbocycles. The lowest BCUT2D eigenvalue weighted by molar-refractivity contribution is 0.281. The molecule has 0 spiro atoms. The number of hydrogen-bond acceptors (Lipinski definition) is 2. The van der Waals surface area contributed by atoms with Gasteiger partial charge in [-0.2, -0.15) is 0 Å². The number of para-hydroxylation sites is 6. The van der Waals surface area contributed by atoms with Gasteiger partial charge < -0.3 is 18.4 Å². The number of ether oxygens (including phenoxy) is 1. The van der Waals surface area contributed by atoms with E-state index in [1.807, 2.05) is 6.07 Å². The standard InChI is InChI=1S/C74H49N5OSi/c1-3-21-54(22-4-1)81(55-23-5-2-6-24-55,56-25-17-19-49(43-56)50-37-42-73-72(44-50)79-71-36-16-11-31-64(71)75-74(79)48-80-73)57-26-18-20-51(45-57)76-69-40-38-52(77-65-32-12-7-27-58(65)59-28-8-13-33-66(59)77)46-62(69)63-47-53(39-41-70(63)76)78-67-34-14-9-29-60(67)61-30-10-15-35-68(61)78/h1-47H,48H2. The summed E-state index contributed by atoms with van der Waals surface area (Å²) < 4.78 is 16.0. The smallest absolute Gasteiger partial charge is 0.179 e. The van der Waals surface area contributed by atoms with Crippen molar-refractivity contribution in [3.05, 3.63) is 291 Å². The van der Waals surface area contributed by atoms with Crippen molar-refractivity contribution in [1.82, 2.24) is 23.3 Å². The maximum Gasteiger partial charge on any atom is 0.179 e. The Balaban J connectivity index is 0.896. The summed E-state index contributed by atoms with van der Waals surface area (Å²) in [6.07, 6.45) is 0. The fraction of sp³-hybridized carbons (Fsp3) is 0.0135. The molecule has 0 saturated carbocycles. The molecule has 0 radical (unpaired) electrons. The second kappa shape index (κ2) is 17.8. The molecule has 0 aliphatic carbocycles. The van der Waals surface area contributed by atoms with Crippen molar-refractivity contribution >= 4 is 105 Å². The number of rotatable bonds is 8. The third-order valence-electron chi connectivity index (χ3n) is 17.2. The van der Waals surface area contributed by atoms with Gasteiger partial charge in [0.1, 0.15) is 12.4 Å². The minimum atomic E-state index is -3.11. The Morgan fingerprint density at radius 1 is 0.296 bits per heavy atom. The van der Waals surface area contributed by atoms with E-state index >= 15 is 0 Å². The molecule has 6 nitrogen and oxygen atoms in total. The van der Waals surface area contributed by atoms with Crippen LogP contribution < -0.4 is 25.5 Å². The second-order valence-electron chi connectivity index (χ2n) is 21.4. The summed E-state index contributed by atoms with van der Waals surface area (Å²) >= 11 is 0. The first-order valence-electron chi connectivity index (χ1n) is 27.8. The Morgan fingerprint density at radius 2 is 0.728 bits per heavy atom. The summed E-state index contributed by atoms with van der Waals surface area (Å²) in [5.41, 5.74) is 15.7. The molecule has 0 N–H and O–H groups in total. The lowest BCUT2D eigenvalue weighted by Crippen LogP contribution is -2.74. The molecule has 16 aromatic rings. The SMILES string of the molecule is c1ccc([Si](c2ccccc2)(c2cccc(-c3ccc4c(c3)-n3c(nc5ccccc53)CO4)c2)c2cccc(-n3c4ccc(-n5c6ccccc6c6ccccc65)cc4c4cc(-n5c6ccccc6c6ccccc65)ccc43)c2)cc1. The van der Waals surface area contributed by atoms with Gasteiger partial charge in [0.05, 0.1) is 49.8 Å². The zero-order valence-corrected chi connectivity index (χ0v) is 45.0. The summed E-state index contributed by atoms with van der Waals surface area (Å²) in [4.78, 5) is 4.97. The largest absolute Gasteiger partial charge is 0.483 e. The number of aromatic nitrogens is 5. The molecule has 0 bridgehead atoms. The molecule has 1 aliphatic rings. The van der Waals surface area contributed by atoms with Crippen molar-refractivity contribution in [2.75, 3.05) is 0 Å². The van der Waals surface area contributed by atoms with Crippen molar-refractivity contribution in [3.8, 4) is 39.6 Å². The van der Waals surface area contributed by atoms with Gasteiger partial charge in [-0.05, 0) is 129 Å². The van der Waals surface area contributed by atoms with Crippen LogP contribution in [0.15, 0.2) is 285 Å². The lowest BCUT2D eigenvalue weighted by Gasteiger charge is -2.35. The van der Waals surface area contributed by atoms with Crippen molar-refractivity contribution in [1.29, 1.82) is 0 Å². The molecule has 0 amide bonds. The van der Waals surface area contributed by atoms with Gasteiger partial charge in [-0.1, -0.05) is 188 Å². The van der Waals surface area contributed by atoms with Gasteiger partial charge in [-0.25, -0.2) is 4.98 Å². The van der Waals surface area contributed by atoms with E-state index in [1.54, 1.807) is 0 Å². The number of imidazole rings is 1. The minimum absolute atomic E-state index is 0.430. The molecule has 17 rings (SSSR count). The molecule has 0 unspecified atom stereocenters. The fourth-order valence-corrected chi connectivity index (χ4v) is 18.5. The quantitative estimate of drug-likeness (QED) is 0.112. The Morgan fingerprint density at radius 3 is 1.28 bits per heavy atom. The molecule has 4 aromatic heterocycles. The zero-order valence-electron chi connectivity index (χ0n) is 44.0. The van der Waals surface area contributed by atoms with Crippen LogP contribution in [0.25, 0.3) is 110 Å². The molecule has 0 saturated heterocycles. The molecule has 380 valence electrons. The van der Waals surface area contributed by atoms with Crippen LogP contribution in [0.3, 0.4) is 0 Å². The van der Waals surface area contributed by atoms with Crippen LogP contribution in [0.5, 0.6) is 5.75 Å². The van der Waals surface area contributed by atoms with Gasteiger partial charge in [0, 0.05) is 49.4 Å². The molecule has 0 fully saturated rings. The van der Waals surface area contributed by atoms with Gasteiger partial charge in [0.15, 0.2) is 13.9 Å². The molecule has 1 aliphatic heterocycles. The lowest BCUT2D eigenvalue weighted by atomic mass is 10.0. The number of hydrogen-bond donors (Lipinski definition) is 0. The van der Waals surface area contributed by atoms with Crippen LogP contribution in [-0.2, 0) is 6.61 Å². The summed E-state index contributed by atoms with van der Waals surface area (Å²) in [6, 6.07) is 106. The predicted octanol–water partition coefficient (Wildman–Crippen LogP) is 15.3. The molecular formula is C74H49N5OSi. The highest BCUT2D eigenvalue weighted by Gasteiger charge is 2.42. The first-order valence-corrected chi connectivity index (χ1v) is 29.8. The van der Waals surface area contributed by atoms with Crippen molar-refractivity contribution < 1.29 is 4.74 Å². The van der Waals surface area contributed by atoms with Gasteiger partial charge in [0.2, 0.25) is 0 Å². The first-order chi connectivity index (χ1) is 40.2. The highest BCUT2D eigenvalue weighted by Crippen LogP contribution is 2.41. The van der Waals surface area contributed by atoms with Crippen molar-refractivity contribution in [2.45, 2.75) is 6.61 Å². The summed E-state index contributed by atoms with van der Waals surface area (Å²) in [7, 11) is -3.11. The molecule has 7 heteroatoms. The van der Waals surface area contributed by atoms with E-state index in [-0.39, 0.29) is 0 Å². The number of fused-ring (bicyclic) bond motifs is 14. The topological polar surface area (TPSA) is 41.8 Å². The monoisotopic (exact) mass is 1050 g/mol. The third-order valence-corrected chi connectivity index (χ3v) is 21.9. The summed E-state index contributed by atoms with van der Waals surface area (Å²) in [5, 5.41) is 12.6. The average molecular weight is 1050 g/mol. The van der Waals surface area contributed by atoms with E-state index in [0.717, 1.165) is 67.5 Å². The highest BCUT2D eigenvalue weighted by atomic mass is 28.3. The van der Waals surface area contributed by atoms with Crippen LogP contribution in [-0.4, -0.2) is 31.3 Å². The maximum absolute atomic E-state index is 6.34. The Kier molecular flexibility index (Phi) is 9.99. The zero-order chi connectivity index (χ0) is 53.2. The van der Waals surface area contributed by atoms with E-state index in [2.05, 4.69) is 297 Å². The van der Waals surface area contributed by atoms with Crippen LogP contribution in [0.1, 0.15) is 5.82 Å². The van der Waals surface area contributed by atoms with Crippen LogP contribution in [0.4, 0.5) is 0 Å². The van der Waals surface area contributed by atoms with E-state index in [4.69, 9.17) is 9.72 Å². The third kappa shape index (κ3) is 6.76. The Hall–Kier alpha value is -10.5. The van der Waals surface area contributed by atoms with Gasteiger partial charge >= 0.3 is 0 Å². The van der Waals surface area contributed by atoms with Crippen molar-refractivity contribution in [3.63, 3.8) is 0 Å². The minimum Gasteiger partial charge on any atom is -0.483 e.